The van der Waals surface area contributed by atoms with E-state index < -0.39 is 0 Å². The van der Waals surface area contributed by atoms with Crippen LogP contribution in [-0.4, -0.2) is 0 Å². The van der Waals surface area contributed by atoms with Crippen LogP contribution in [0.5, 0.6) is 0 Å². The summed E-state index contributed by atoms with van der Waals surface area (Å²) >= 11 is 3.47. The summed E-state index contributed by atoms with van der Waals surface area (Å²) in [5.41, 5.74) is 3.89. The Labute approximate surface area is 111 Å². The highest BCUT2D eigenvalue weighted by molar-refractivity contribution is 9.10. The Balaban J connectivity index is 2.00. The van der Waals surface area contributed by atoms with Gasteiger partial charge in [-0.2, -0.15) is 0 Å². The van der Waals surface area contributed by atoms with E-state index in [4.69, 9.17) is 0 Å². The molecule has 0 radical (unpaired) electrons. The first-order valence-corrected chi connectivity index (χ1v) is 6.51. The lowest BCUT2D eigenvalue weighted by molar-refractivity contribution is 1.26. The van der Waals surface area contributed by atoms with Crippen molar-refractivity contribution in [3.63, 3.8) is 0 Å². The van der Waals surface area contributed by atoms with Crippen molar-refractivity contribution >= 4 is 22.0 Å². The van der Waals surface area contributed by atoms with E-state index in [1.807, 2.05) is 6.07 Å². The van der Waals surface area contributed by atoms with Gasteiger partial charge in [0.2, 0.25) is 0 Å². The van der Waals surface area contributed by atoms with Crippen LogP contribution in [0.25, 0.3) is 6.08 Å². The van der Waals surface area contributed by atoms with E-state index >= 15 is 0 Å². The molecule has 0 heterocycles. The van der Waals surface area contributed by atoms with Gasteiger partial charge >= 0.3 is 0 Å². The minimum atomic E-state index is 0.979. The van der Waals surface area contributed by atoms with Crippen molar-refractivity contribution in [3.05, 3.63) is 75.8 Å². The maximum Gasteiger partial charge on any atom is 0.0181 e. The van der Waals surface area contributed by atoms with Gasteiger partial charge in [-0.15, -0.1) is 0 Å². The van der Waals surface area contributed by atoms with Crippen molar-refractivity contribution in [1.29, 1.82) is 0 Å². The second-order valence-corrected chi connectivity index (χ2v) is 5.06. The summed E-state index contributed by atoms with van der Waals surface area (Å²) in [6.07, 6.45) is 5.34. The molecule has 0 amide bonds. The molecule has 2 rings (SSSR count). The topological polar surface area (TPSA) is 0 Å². The molecule has 0 aliphatic carbocycles. The van der Waals surface area contributed by atoms with Gasteiger partial charge in [-0.25, -0.2) is 0 Å². The van der Waals surface area contributed by atoms with E-state index in [0.29, 0.717) is 0 Å². The van der Waals surface area contributed by atoms with Gasteiger partial charge in [-0.3, -0.25) is 0 Å². The molecule has 0 aliphatic heterocycles. The molecule has 0 saturated carbocycles. The van der Waals surface area contributed by atoms with E-state index in [9.17, 15) is 0 Å². The molecular formula is C16H15Br. The predicted molar refractivity (Wildman–Crippen MR) is 78.1 cm³/mol. The average molecular weight is 287 g/mol. The molecule has 0 N–H and O–H groups in total. The Morgan fingerprint density at radius 3 is 2.53 bits per heavy atom. The fraction of sp³-hybridized carbons (Fsp3) is 0.125. The third-order valence-electron chi connectivity index (χ3n) is 2.63. The molecule has 86 valence electrons. The van der Waals surface area contributed by atoms with Crippen molar-refractivity contribution in [2.45, 2.75) is 13.3 Å². The second kappa shape index (κ2) is 5.83. The first-order valence-electron chi connectivity index (χ1n) is 5.72. The van der Waals surface area contributed by atoms with E-state index in [-0.39, 0.29) is 0 Å². The Hall–Kier alpha value is -1.34. The van der Waals surface area contributed by atoms with Gasteiger partial charge in [0, 0.05) is 4.47 Å². The van der Waals surface area contributed by atoms with Gasteiger partial charge < -0.3 is 0 Å². The van der Waals surface area contributed by atoms with Crippen LogP contribution in [-0.2, 0) is 6.42 Å². The molecule has 2 aromatic carbocycles. The monoisotopic (exact) mass is 286 g/mol. The Kier molecular flexibility index (Phi) is 4.16. The van der Waals surface area contributed by atoms with Crippen molar-refractivity contribution in [1.82, 2.24) is 0 Å². The Bertz CT molecular complexity index is 509. The van der Waals surface area contributed by atoms with Crippen LogP contribution in [0.4, 0.5) is 0 Å². The highest BCUT2D eigenvalue weighted by Gasteiger charge is 1.90. The number of aryl methyl sites for hydroxylation is 1. The molecule has 0 bridgehead atoms. The highest BCUT2D eigenvalue weighted by atomic mass is 79.9. The van der Waals surface area contributed by atoms with Crippen LogP contribution in [0.1, 0.15) is 16.7 Å². The summed E-state index contributed by atoms with van der Waals surface area (Å²) in [7, 11) is 0. The van der Waals surface area contributed by atoms with E-state index in [0.717, 1.165) is 10.9 Å². The molecule has 0 atom stereocenters. The van der Waals surface area contributed by atoms with Gasteiger partial charge in [0.05, 0.1) is 0 Å². The van der Waals surface area contributed by atoms with Crippen molar-refractivity contribution in [2.75, 3.05) is 0 Å². The van der Waals surface area contributed by atoms with Crippen LogP contribution < -0.4 is 0 Å². The van der Waals surface area contributed by atoms with Gasteiger partial charge in [-0.1, -0.05) is 70.0 Å². The third kappa shape index (κ3) is 3.86. The number of rotatable bonds is 3. The largest absolute Gasteiger partial charge is 0.0795 e. The lowest BCUT2D eigenvalue weighted by Crippen LogP contribution is -1.81. The SMILES string of the molecule is Cc1ccc(C/C=C/c2cccc(Br)c2)cc1. The summed E-state index contributed by atoms with van der Waals surface area (Å²) < 4.78 is 1.12. The van der Waals surface area contributed by atoms with E-state index in [1.165, 1.54) is 16.7 Å². The summed E-state index contributed by atoms with van der Waals surface area (Å²) in [6, 6.07) is 17.0. The second-order valence-electron chi connectivity index (χ2n) is 4.15. The Morgan fingerprint density at radius 1 is 1.06 bits per heavy atom. The molecule has 17 heavy (non-hydrogen) atoms. The lowest BCUT2D eigenvalue weighted by atomic mass is 10.1. The van der Waals surface area contributed by atoms with Gasteiger partial charge in [0.1, 0.15) is 0 Å². The maximum atomic E-state index is 3.47. The molecule has 0 saturated heterocycles. The fourth-order valence-electron chi connectivity index (χ4n) is 1.67. The smallest absolute Gasteiger partial charge is 0.0181 e. The van der Waals surface area contributed by atoms with Crippen molar-refractivity contribution in [3.8, 4) is 0 Å². The highest BCUT2D eigenvalue weighted by Crippen LogP contribution is 2.13. The minimum absolute atomic E-state index is 0.979. The predicted octanol–water partition coefficient (Wildman–Crippen LogP) is 5.01. The lowest BCUT2D eigenvalue weighted by Gasteiger charge is -1.98. The molecular weight excluding hydrogens is 272 g/mol. The number of hydrogen-bond donors (Lipinski definition) is 0. The maximum absolute atomic E-state index is 3.47. The fourth-order valence-corrected chi connectivity index (χ4v) is 2.08. The molecule has 0 aliphatic rings. The van der Waals surface area contributed by atoms with Crippen LogP contribution >= 0.6 is 15.9 Å². The summed E-state index contributed by atoms with van der Waals surface area (Å²) in [5, 5.41) is 0. The molecule has 0 fully saturated rings. The zero-order valence-corrected chi connectivity index (χ0v) is 11.4. The van der Waals surface area contributed by atoms with Gasteiger partial charge in [-0.05, 0) is 36.6 Å². The van der Waals surface area contributed by atoms with Crippen LogP contribution in [0.15, 0.2) is 59.1 Å². The quantitative estimate of drug-likeness (QED) is 0.744. The first-order chi connectivity index (χ1) is 8.24. The normalized spacial score (nSPS) is 10.9. The molecule has 0 spiro atoms. The van der Waals surface area contributed by atoms with Crippen molar-refractivity contribution < 1.29 is 0 Å². The summed E-state index contributed by atoms with van der Waals surface area (Å²) in [5.74, 6) is 0. The summed E-state index contributed by atoms with van der Waals surface area (Å²) in [6.45, 7) is 2.11. The van der Waals surface area contributed by atoms with E-state index in [1.54, 1.807) is 0 Å². The number of halogens is 1. The van der Waals surface area contributed by atoms with E-state index in [2.05, 4.69) is 77.5 Å². The molecule has 0 unspecified atom stereocenters. The third-order valence-corrected chi connectivity index (χ3v) is 3.13. The zero-order chi connectivity index (χ0) is 12.1. The standard InChI is InChI=1S/C16H15Br/c1-13-8-10-14(11-9-13)4-2-5-15-6-3-7-16(17)12-15/h2-3,5-12H,4H2,1H3/b5-2+. The van der Waals surface area contributed by atoms with Crippen LogP contribution in [0, 0.1) is 6.92 Å². The number of hydrogen-bond acceptors (Lipinski definition) is 0. The van der Waals surface area contributed by atoms with Crippen LogP contribution in [0.2, 0.25) is 0 Å². The van der Waals surface area contributed by atoms with Gasteiger partial charge in [0.25, 0.3) is 0 Å². The molecule has 2 aromatic rings. The molecule has 0 nitrogen and oxygen atoms in total. The Morgan fingerprint density at radius 2 is 1.82 bits per heavy atom. The molecule has 1 heteroatoms. The summed E-state index contributed by atoms with van der Waals surface area (Å²) in [4.78, 5) is 0. The molecule has 0 aromatic heterocycles. The zero-order valence-electron chi connectivity index (χ0n) is 9.86. The number of allylic oxidation sites excluding steroid dienone is 1. The van der Waals surface area contributed by atoms with Crippen LogP contribution in [0.3, 0.4) is 0 Å². The van der Waals surface area contributed by atoms with Gasteiger partial charge in [0.15, 0.2) is 0 Å². The van der Waals surface area contributed by atoms with Crippen molar-refractivity contribution in [2.24, 2.45) is 0 Å². The number of benzene rings is 2. The average Bonchev–Trinajstić information content (AvgIpc) is 2.32. The minimum Gasteiger partial charge on any atom is -0.0795 e. The first kappa shape index (κ1) is 12.1.